The van der Waals surface area contributed by atoms with Gasteiger partial charge in [-0.25, -0.2) is 0 Å². The minimum atomic E-state index is -0.492. The monoisotopic (exact) mass is 327 g/mol. The summed E-state index contributed by atoms with van der Waals surface area (Å²) in [6.45, 7) is 0.113. The molecule has 6 nitrogen and oxygen atoms in total. The van der Waals surface area contributed by atoms with E-state index in [1.165, 1.54) is 12.1 Å². The molecule has 24 heavy (non-hydrogen) atoms. The van der Waals surface area contributed by atoms with E-state index in [1.54, 1.807) is 12.1 Å². The highest BCUT2D eigenvalue weighted by atomic mass is 16.6. The molecule has 1 aliphatic rings. The zero-order valence-electron chi connectivity index (χ0n) is 13.0. The lowest BCUT2D eigenvalue weighted by Crippen LogP contribution is -2.17. The Labute approximate surface area is 139 Å². The summed E-state index contributed by atoms with van der Waals surface area (Å²) in [5.41, 5.74) is 0.988. The van der Waals surface area contributed by atoms with Gasteiger partial charge >= 0.3 is 11.7 Å². The molecule has 2 aromatic carbocycles. The topological polar surface area (TPSA) is 78.7 Å². The first-order valence-corrected chi connectivity index (χ1v) is 7.74. The number of hydrogen-bond donors (Lipinski definition) is 0. The molecule has 1 aliphatic heterocycles. The predicted octanol–water partition coefficient (Wildman–Crippen LogP) is 3.15. The second kappa shape index (κ2) is 7.12. The van der Waals surface area contributed by atoms with E-state index < -0.39 is 4.92 Å². The molecule has 0 spiro atoms. The fourth-order valence-electron chi connectivity index (χ4n) is 2.80. The van der Waals surface area contributed by atoms with Crippen LogP contribution >= 0.6 is 0 Å². The van der Waals surface area contributed by atoms with Crippen molar-refractivity contribution in [2.45, 2.75) is 18.9 Å². The predicted molar refractivity (Wildman–Crippen MR) is 86.7 cm³/mol. The van der Waals surface area contributed by atoms with Gasteiger partial charge in [-0.15, -0.1) is 0 Å². The van der Waals surface area contributed by atoms with E-state index in [0.717, 1.165) is 5.56 Å². The van der Waals surface area contributed by atoms with E-state index in [1.807, 2.05) is 30.3 Å². The van der Waals surface area contributed by atoms with Gasteiger partial charge in [-0.2, -0.15) is 0 Å². The molecule has 0 unspecified atom stereocenters. The molecule has 1 heterocycles. The van der Waals surface area contributed by atoms with Crippen molar-refractivity contribution in [3.8, 4) is 5.75 Å². The van der Waals surface area contributed by atoms with Crippen LogP contribution in [-0.2, 0) is 16.0 Å². The van der Waals surface area contributed by atoms with E-state index in [2.05, 4.69) is 0 Å². The maximum Gasteiger partial charge on any atom is 0.310 e. The van der Waals surface area contributed by atoms with Crippen molar-refractivity contribution < 1.29 is 19.2 Å². The summed E-state index contributed by atoms with van der Waals surface area (Å²) in [7, 11) is 0. The normalized spacial score (nSPS) is 19.8. The smallest absolute Gasteiger partial charge is 0.310 e. The van der Waals surface area contributed by atoms with Crippen LogP contribution in [0.1, 0.15) is 12.0 Å². The number of ether oxygens (including phenoxy) is 2. The highest BCUT2D eigenvalue weighted by molar-refractivity contribution is 5.75. The quantitative estimate of drug-likeness (QED) is 0.463. The van der Waals surface area contributed by atoms with Crippen LogP contribution in [0.25, 0.3) is 0 Å². The maximum absolute atomic E-state index is 12.0. The van der Waals surface area contributed by atoms with Gasteiger partial charge in [-0.05, 0) is 18.1 Å². The van der Waals surface area contributed by atoms with Crippen molar-refractivity contribution in [2.75, 3.05) is 6.61 Å². The Morgan fingerprint density at radius 2 is 1.83 bits per heavy atom. The summed E-state index contributed by atoms with van der Waals surface area (Å²) in [6, 6.07) is 15.9. The summed E-state index contributed by atoms with van der Waals surface area (Å²) >= 11 is 0. The molecule has 2 aromatic rings. The molecule has 1 saturated heterocycles. The summed E-state index contributed by atoms with van der Waals surface area (Å²) in [5, 5.41) is 11.0. The Hall–Kier alpha value is -2.89. The highest BCUT2D eigenvalue weighted by Crippen LogP contribution is 2.29. The molecule has 0 saturated carbocycles. The summed E-state index contributed by atoms with van der Waals surface area (Å²) < 4.78 is 10.8. The molecule has 0 bridgehead atoms. The van der Waals surface area contributed by atoms with Gasteiger partial charge in [0.05, 0.1) is 10.8 Å². The lowest BCUT2D eigenvalue weighted by molar-refractivity contribution is -0.385. The van der Waals surface area contributed by atoms with Gasteiger partial charge in [0.15, 0.2) is 5.75 Å². The van der Waals surface area contributed by atoms with Gasteiger partial charge in [0.2, 0.25) is 0 Å². The minimum Gasteiger partial charge on any atom is -0.483 e. The fraction of sp³-hybridized carbons (Fsp3) is 0.278. The molecule has 2 atom stereocenters. The molecule has 3 rings (SSSR count). The van der Waals surface area contributed by atoms with E-state index in [-0.39, 0.29) is 36.0 Å². The van der Waals surface area contributed by atoms with Crippen molar-refractivity contribution in [3.63, 3.8) is 0 Å². The number of nitrogens with zero attached hydrogens (tertiary/aromatic N) is 1. The molecular weight excluding hydrogens is 310 g/mol. The van der Waals surface area contributed by atoms with Crippen LogP contribution in [0, 0.1) is 16.0 Å². The largest absolute Gasteiger partial charge is 0.483 e. The van der Waals surface area contributed by atoms with Crippen LogP contribution in [-0.4, -0.2) is 23.6 Å². The molecular formula is C18H17NO5. The molecule has 0 N–H and O–H groups in total. The van der Waals surface area contributed by atoms with E-state index in [0.29, 0.717) is 12.8 Å². The van der Waals surface area contributed by atoms with Gasteiger partial charge in [0.25, 0.3) is 0 Å². The van der Waals surface area contributed by atoms with E-state index >= 15 is 0 Å². The first-order valence-electron chi connectivity index (χ1n) is 7.74. The summed E-state index contributed by atoms with van der Waals surface area (Å²) in [6.07, 6.45) is 0.793. The summed E-state index contributed by atoms with van der Waals surface area (Å²) in [5.74, 6) is -0.258. The standard InChI is InChI=1S/C18H17NO5/c20-18-14(10-13-6-2-1-3-7-13)11-15(24-18)12-23-17-9-5-4-8-16(17)19(21)22/h1-9,14-15H,10-12H2/t14-,15+/m0/s1. The van der Waals surface area contributed by atoms with Crippen molar-refractivity contribution in [2.24, 2.45) is 5.92 Å². The molecule has 0 amide bonds. The zero-order valence-corrected chi connectivity index (χ0v) is 13.0. The van der Waals surface area contributed by atoms with Crippen molar-refractivity contribution in [1.82, 2.24) is 0 Å². The van der Waals surface area contributed by atoms with Crippen LogP contribution in [0.5, 0.6) is 5.75 Å². The number of nitro groups is 1. The van der Waals surface area contributed by atoms with Crippen LogP contribution in [0.15, 0.2) is 54.6 Å². The van der Waals surface area contributed by atoms with E-state index in [9.17, 15) is 14.9 Å². The number of hydrogen-bond acceptors (Lipinski definition) is 5. The van der Waals surface area contributed by atoms with Crippen LogP contribution < -0.4 is 4.74 Å². The van der Waals surface area contributed by atoms with Gasteiger partial charge in [-0.3, -0.25) is 14.9 Å². The number of cyclic esters (lactones) is 1. The minimum absolute atomic E-state index is 0.0948. The number of para-hydroxylation sites is 2. The average Bonchev–Trinajstić information content (AvgIpc) is 2.94. The number of carbonyl (C=O) groups is 1. The molecule has 0 radical (unpaired) electrons. The molecule has 6 heteroatoms. The van der Waals surface area contributed by atoms with E-state index in [4.69, 9.17) is 9.47 Å². The van der Waals surface area contributed by atoms with Crippen LogP contribution in [0.2, 0.25) is 0 Å². The zero-order chi connectivity index (χ0) is 16.9. The van der Waals surface area contributed by atoms with Gasteiger partial charge in [-0.1, -0.05) is 42.5 Å². The first kappa shape index (κ1) is 16.0. The SMILES string of the molecule is O=C1O[C@@H](COc2ccccc2[N+](=O)[O-])C[C@@H]1Cc1ccccc1. The summed E-state index contributed by atoms with van der Waals surface area (Å²) in [4.78, 5) is 22.5. The molecule has 0 aliphatic carbocycles. The molecule has 0 aromatic heterocycles. The van der Waals surface area contributed by atoms with Crippen molar-refractivity contribution in [3.05, 3.63) is 70.3 Å². The second-order valence-corrected chi connectivity index (χ2v) is 5.72. The maximum atomic E-state index is 12.0. The molecule has 1 fully saturated rings. The number of esters is 1. The Morgan fingerprint density at radius 1 is 1.12 bits per heavy atom. The Kier molecular flexibility index (Phi) is 4.74. The number of carbonyl (C=O) groups excluding carboxylic acids is 1. The number of benzene rings is 2. The van der Waals surface area contributed by atoms with Crippen molar-refractivity contribution in [1.29, 1.82) is 0 Å². The highest BCUT2D eigenvalue weighted by Gasteiger charge is 2.35. The van der Waals surface area contributed by atoms with Crippen molar-refractivity contribution >= 4 is 11.7 Å². The van der Waals surface area contributed by atoms with Gasteiger partial charge < -0.3 is 9.47 Å². The van der Waals surface area contributed by atoms with Crippen LogP contribution in [0.3, 0.4) is 0 Å². The number of rotatable bonds is 6. The Balaban J connectivity index is 1.58. The third-order valence-electron chi connectivity index (χ3n) is 3.98. The third kappa shape index (κ3) is 3.71. The fourth-order valence-corrected chi connectivity index (χ4v) is 2.80. The lowest BCUT2D eigenvalue weighted by Gasteiger charge is -2.11. The average molecular weight is 327 g/mol. The van der Waals surface area contributed by atoms with Gasteiger partial charge in [0.1, 0.15) is 12.7 Å². The first-order chi connectivity index (χ1) is 11.6. The lowest BCUT2D eigenvalue weighted by atomic mass is 9.96. The third-order valence-corrected chi connectivity index (χ3v) is 3.98. The van der Waals surface area contributed by atoms with Crippen LogP contribution in [0.4, 0.5) is 5.69 Å². The second-order valence-electron chi connectivity index (χ2n) is 5.72. The Bertz CT molecular complexity index is 731. The number of nitro benzene ring substituents is 1. The Morgan fingerprint density at radius 3 is 2.58 bits per heavy atom. The molecule has 124 valence electrons. The van der Waals surface area contributed by atoms with Gasteiger partial charge in [0, 0.05) is 12.5 Å².